The van der Waals surface area contributed by atoms with Crippen LogP contribution in [0.5, 0.6) is 0 Å². The summed E-state index contributed by atoms with van der Waals surface area (Å²) in [5, 5.41) is 7.04. The Morgan fingerprint density at radius 1 is 1.26 bits per heavy atom. The molecular formula is C21H32N6. The highest BCUT2D eigenvalue weighted by molar-refractivity contribution is 5.80. The SMILES string of the molecule is CCNC(=NCCc1cn2cccc(C)c2n1)NC1CCN(C2CC2)CC1. The first-order valence-corrected chi connectivity index (χ1v) is 10.4. The van der Waals surface area contributed by atoms with Gasteiger partial charge in [0, 0.05) is 57.1 Å². The Balaban J connectivity index is 1.31. The minimum Gasteiger partial charge on any atom is -0.357 e. The van der Waals surface area contributed by atoms with Crippen LogP contribution in [-0.2, 0) is 6.42 Å². The number of pyridine rings is 1. The van der Waals surface area contributed by atoms with Crippen molar-refractivity contribution < 1.29 is 0 Å². The molecule has 3 heterocycles. The van der Waals surface area contributed by atoms with E-state index in [1.807, 2.05) is 0 Å². The van der Waals surface area contributed by atoms with Gasteiger partial charge in [-0.2, -0.15) is 0 Å². The lowest BCUT2D eigenvalue weighted by Gasteiger charge is -2.33. The van der Waals surface area contributed by atoms with Gasteiger partial charge in [0.2, 0.25) is 0 Å². The van der Waals surface area contributed by atoms with Gasteiger partial charge < -0.3 is 19.9 Å². The molecule has 2 aromatic heterocycles. The first kappa shape index (κ1) is 18.3. The van der Waals surface area contributed by atoms with Crippen LogP contribution >= 0.6 is 0 Å². The molecule has 0 aromatic carbocycles. The largest absolute Gasteiger partial charge is 0.357 e. The summed E-state index contributed by atoms with van der Waals surface area (Å²) in [6, 6.07) is 5.59. The molecule has 0 bridgehead atoms. The molecule has 27 heavy (non-hydrogen) atoms. The summed E-state index contributed by atoms with van der Waals surface area (Å²) in [6.45, 7) is 8.31. The summed E-state index contributed by atoms with van der Waals surface area (Å²) in [5.41, 5.74) is 3.35. The van der Waals surface area contributed by atoms with Gasteiger partial charge in [-0.25, -0.2) is 4.98 Å². The Bertz CT molecular complexity index is 783. The molecule has 1 saturated heterocycles. The van der Waals surface area contributed by atoms with Crippen molar-refractivity contribution in [2.24, 2.45) is 4.99 Å². The van der Waals surface area contributed by atoms with Crippen LogP contribution in [0.2, 0.25) is 0 Å². The van der Waals surface area contributed by atoms with Crippen LogP contribution < -0.4 is 10.6 Å². The van der Waals surface area contributed by atoms with Gasteiger partial charge in [-0.1, -0.05) is 6.07 Å². The Hall–Kier alpha value is -2.08. The van der Waals surface area contributed by atoms with E-state index in [9.17, 15) is 0 Å². The summed E-state index contributed by atoms with van der Waals surface area (Å²) < 4.78 is 2.10. The molecule has 6 heteroatoms. The quantitative estimate of drug-likeness (QED) is 0.607. The van der Waals surface area contributed by atoms with Gasteiger partial charge in [0.15, 0.2) is 5.96 Å². The first-order chi connectivity index (χ1) is 13.2. The topological polar surface area (TPSA) is 57.0 Å². The molecule has 6 nitrogen and oxygen atoms in total. The Morgan fingerprint density at radius 2 is 2.07 bits per heavy atom. The highest BCUT2D eigenvalue weighted by atomic mass is 15.2. The van der Waals surface area contributed by atoms with E-state index in [1.165, 1.54) is 44.3 Å². The molecule has 146 valence electrons. The molecule has 2 fully saturated rings. The highest BCUT2D eigenvalue weighted by Gasteiger charge is 2.31. The number of likely N-dealkylation sites (tertiary alicyclic amines) is 1. The van der Waals surface area contributed by atoms with Crippen molar-refractivity contribution in [3.63, 3.8) is 0 Å². The molecule has 0 spiro atoms. The average Bonchev–Trinajstić information content (AvgIpc) is 3.43. The van der Waals surface area contributed by atoms with E-state index in [2.05, 4.69) is 58.3 Å². The van der Waals surface area contributed by atoms with E-state index in [1.54, 1.807) is 0 Å². The summed E-state index contributed by atoms with van der Waals surface area (Å²) in [4.78, 5) is 12.2. The van der Waals surface area contributed by atoms with Crippen LogP contribution in [0.25, 0.3) is 5.65 Å². The summed E-state index contributed by atoms with van der Waals surface area (Å²) in [5.74, 6) is 0.947. The third kappa shape index (κ3) is 4.61. The predicted octanol–water partition coefficient (Wildman–Crippen LogP) is 2.37. The van der Waals surface area contributed by atoms with Crippen molar-refractivity contribution in [1.29, 1.82) is 0 Å². The van der Waals surface area contributed by atoms with Crippen molar-refractivity contribution in [3.05, 3.63) is 35.8 Å². The summed E-state index contributed by atoms with van der Waals surface area (Å²) in [6.07, 6.45) is 10.3. The lowest BCUT2D eigenvalue weighted by Crippen LogP contribution is -2.49. The smallest absolute Gasteiger partial charge is 0.191 e. The fraction of sp³-hybridized carbons (Fsp3) is 0.619. The number of rotatable bonds is 6. The standard InChI is InChI=1S/C21H32N6/c1-3-22-21(25-17-9-13-26(14-10-17)19-6-7-19)23-11-8-18-15-27-12-4-5-16(2)20(27)24-18/h4-5,12,15,17,19H,3,6-11,13-14H2,1-2H3,(H2,22,23,25). The lowest BCUT2D eigenvalue weighted by molar-refractivity contribution is 0.197. The van der Waals surface area contributed by atoms with Gasteiger partial charge in [-0.3, -0.25) is 4.99 Å². The number of aryl methyl sites for hydroxylation is 1. The monoisotopic (exact) mass is 368 g/mol. The van der Waals surface area contributed by atoms with E-state index < -0.39 is 0 Å². The second kappa shape index (κ2) is 8.30. The molecule has 2 N–H and O–H groups in total. The van der Waals surface area contributed by atoms with Gasteiger partial charge in [0.25, 0.3) is 0 Å². The maximum atomic E-state index is 4.79. The number of piperidine rings is 1. The number of hydrogen-bond donors (Lipinski definition) is 2. The molecular weight excluding hydrogens is 336 g/mol. The fourth-order valence-corrected chi connectivity index (χ4v) is 3.97. The van der Waals surface area contributed by atoms with Gasteiger partial charge in [-0.15, -0.1) is 0 Å². The number of nitrogens with zero attached hydrogens (tertiary/aromatic N) is 4. The zero-order chi connectivity index (χ0) is 18.6. The van der Waals surface area contributed by atoms with Gasteiger partial charge >= 0.3 is 0 Å². The van der Waals surface area contributed by atoms with Crippen LogP contribution in [0.3, 0.4) is 0 Å². The van der Waals surface area contributed by atoms with Gasteiger partial charge in [-0.05, 0) is 51.2 Å². The molecule has 4 rings (SSSR count). The normalized spacial score (nSPS) is 19.6. The Kier molecular flexibility index (Phi) is 5.62. The zero-order valence-electron chi connectivity index (χ0n) is 16.6. The number of nitrogens with one attached hydrogen (secondary N) is 2. The van der Waals surface area contributed by atoms with Gasteiger partial charge in [0.05, 0.1) is 5.69 Å². The third-order valence-electron chi connectivity index (χ3n) is 5.64. The predicted molar refractivity (Wildman–Crippen MR) is 110 cm³/mol. The van der Waals surface area contributed by atoms with Crippen molar-refractivity contribution >= 4 is 11.6 Å². The summed E-state index contributed by atoms with van der Waals surface area (Å²) in [7, 11) is 0. The Morgan fingerprint density at radius 3 is 2.78 bits per heavy atom. The van der Waals surface area contributed by atoms with E-state index in [4.69, 9.17) is 9.98 Å². The molecule has 2 aliphatic rings. The maximum Gasteiger partial charge on any atom is 0.191 e. The van der Waals surface area contributed by atoms with Crippen molar-refractivity contribution in [2.75, 3.05) is 26.2 Å². The van der Waals surface area contributed by atoms with Crippen molar-refractivity contribution in [3.8, 4) is 0 Å². The number of aliphatic imine (C=N–C) groups is 1. The first-order valence-electron chi connectivity index (χ1n) is 10.4. The fourth-order valence-electron chi connectivity index (χ4n) is 3.97. The molecule has 1 aliphatic carbocycles. The minimum absolute atomic E-state index is 0.538. The second-order valence-electron chi connectivity index (χ2n) is 7.85. The van der Waals surface area contributed by atoms with Crippen LogP contribution in [0.1, 0.15) is 43.9 Å². The van der Waals surface area contributed by atoms with Crippen LogP contribution in [-0.4, -0.2) is 58.5 Å². The molecule has 0 amide bonds. The molecule has 0 radical (unpaired) electrons. The number of imidazole rings is 1. The summed E-state index contributed by atoms with van der Waals surface area (Å²) >= 11 is 0. The van der Waals surface area contributed by atoms with Crippen molar-refractivity contribution in [1.82, 2.24) is 24.9 Å². The van der Waals surface area contributed by atoms with Gasteiger partial charge in [0.1, 0.15) is 5.65 Å². The van der Waals surface area contributed by atoms with E-state index >= 15 is 0 Å². The van der Waals surface area contributed by atoms with Crippen LogP contribution in [0.15, 0.2) is 29.5 Å². The number of hydrogen-bond acceptors (Lipinski definition) is 3. The minimum atomic E-state index is 0.538. The van der Waals surface area contributed by atoms with Crippen LogP contribution in [0.4, 0.5) is 0 Å². The van der Waals surface area contributed by atoms with Crippen molar-refractivity contribution in [2.45, 2.75) is 58.0 Å². The lowest BCUT2D eigenvalue weighted by atomic mass is 10.1. The molecule has 0 unspecified atom stereocenters. The molecule has 0 atom stereocenters. The van der Waals surface area contributed by atoms with E-state index in [0.29, 0.717) is 6.04 Å². The average molecular weight is 369 g/mol. The molecule has 2 aromatic rings. The number of aromatic nitrogens is 2. The number of fused-ring (bicyclic) bond motifs is 1. The highest BCUT2D eigenvalue weighted by Crippen LogP contribution is 2.29. The molecule has 1 aliphatic heterocycles. The zero-order valence-corrected chi connectivity index (χ0v) is 16.6. The van der Waals surface area contributed by atoms with E-state index in [0.717, 1.165) is 42.9 Å². The van der Waals surface area contributed by atoms with Crippen LogP contribution in [0, 0.1) is 6.92 Å². The second-order valence-corrected chi connectivity index (χ2v) is 7.85. The number of guanidine groups is 1. The Labute approximate surface area is 162 Å². The maximum absolute atomic E-state index is 4.79. The third-order valence-corrected chi connectivity index (χ3v) is 5.64. The molecule has 1 saturated carbocycles. The van der Waals surface area contributed by atoms with E-state index in [-0.39, 0.29) is 0 Å².